The molecule has 8 nitrogen and oxygen atoms in total. The molecular weight excluding hydrogens is 459 g/mol. The lowest BCUT2D eigenvalue weighted by Crippen LogP contribution is -2.50. The average Bonchev–Trinajstić information content (AvgIpc) is 3.34. The molecule has 10 heteroatoms. The number of tetrazole rings is 1. The second-order valence-corrected chi connectivity index (χ2v) is 9.13. The summed E-state index contributed by atoms with van der Waals surface area (Å²) >= 11 is 6.51. The molecule has 1 N–H and O–H groups in total. The van der Waals surface area contributed by atoms with Crippen LogP contribution in [-0.2, 0) is 4.74 Å². The maximum absolute atomic E-state index is 14.2. The number of piperidine rings is 1. The number of alkyl halides is 1. The van der Waals surface area contributed by atoms with E-state index in [4.69, 9.17) is 16.3 Å². The van der Waals surface area contributed by atoms with Crippen LogP contribution in [0.25, 0.3) is 16.8 Å². The number of halogens is 2. The van der Waals surface area contributed by atoms with Crippen molar-refractivity contribution in [1.82, 2.24) is 30.4 Å². The molecule has 1 fully saturated rings. The summed E-state index contributed by atoms with van der Waals surface area (Å²) in [4.78, 5) is 15.2. The average molecular weight is 487 g/mol. The van der Waals surface area contributed by atoms with Crippen molar-refractivity contribution in [3.8, 4) is 16.8 Å². The van der Waals surface area contributed by atoms with Crippen LogP contribution in [0, 0.1) is 6.92 Å². The van der Waals surface area contributed by atoms with Crippen molar-refractivity contribution >= 4 is 17.5 Å². The zero-order chi connectivity index (χ0) is 24.2. The number of likely N-dealkylation sites (tertiary alicyclic amines) is 1. The lowest BCUT2D eigenvalue weighted by atomic mass is 10.00. The Balaban J connectivity index is 1.54. The Labute approximate surface area is 203 Å². The first-order valence-corrected chi connectivity index (χ1v) is 11.6. The fourth-order valence-electron chi connectivity index (χ4n) is 4.28. The molecule has 1 amide bonds. The SMILES string of the molecule is COC1CCN(C[C@@H](C)NC(=O)c2cc(-c3ccc(C)cc3Cl)cc(-n3cnnn3)c2)CC1F. The Morgan fingerprint density at radius 1 is 1.32 bits per heavy atom. The quantitative estimate of drug-likeness (QED) is 0.550. The Hall–Kier alpha value is -2.88. The van der Waals surface area contributed by atoms with E-state index in [0.717, 1.165) is 23.2 Å². The number of carbonyl (C=O) groups is 1. The Morgan fingerprint density at radius 3 is 2.82 bits per heavy atom. The van der Waals surface area contributed by atoms with Crippen molar-refractivity contribution < 1.29 is 13.9 Å². The molecule has 0 saturated carbocycles. The standard InChI is InChI=1S/C24H28ClFN6O2/c1-15-4-5-20(21(25)8-15)17-9-18(11-19(10-17)32-14-27-29-30-32)24(33)28-16(2)12-31-7-6-23(34-3)22(26)13-31/h4-5,8-11,14,16,22-23H,6-7,12-13H2,1-3H3,(H,28,33)/t16-,22?,23?/m1/s1. The molecular formula is C24H28ClFN6O2. The Bertz CT molecular complexity index is 1140. The number of aryl methyl sites for hydroxylation is 1. The van der Waals surface area contributed by atoms with Crippen LogP contribution in [0.5, 0.6) is 0 Å². The number of ether oxygens (including phenoxy) is 1. The van der Waals surface area contributed by atoms with E-state index in [1.807, 2.05) is 43.0 Å². The van der Waals surface area contributed by atoms with Crippen LogP contribution in [0.1, 0.15) is 29.3 Å². The monoisotopic (exact) mass is 486 g/mol. The van der Waals surface area contributed by atoms with Crippen molar-refractivity contribution in [2.75, 3.05) is 26.7 Å². The fraction of sp³-hybridized carbons (Fsp3) is 0.417. The summed E-state index contributed by atoms with van der Waals surface area (Å²) in [6.45, 7) is 5.45. The highest BCUT2D eigenvalue weighted by Crippen LogP contribution is 2.31. The van der Waals surface area contributed by atoms with Crippen LogP contribution in [0.2, 0.25) is 5.02 Å². The number of amides is 1. The van der Waals surface area contributed by atoms with Gasteiger partial charge in [-0.15, -0.1) is 5.10 Å². The summed E-state index contributed by atoms with van der Waals surface area (Å²) in [5, 5.41) is 15.0. The molecule has 1 aliphatic rings. The first-order chi connectivity index (χ1) is 16.3. The van der Waals surface area contributed by atoms with Gasteiger partial charge in [0.05, 0.1) is 11.8 Å². The summed E-state index contributed by atoms with van der Waals surface area (Å²) in [5.74, 6) is -0.240. The van der Waals surface area contributed by atoms with Crippen LogP contribution < -0.4 is 5.32 Å². The van der Waals surface area contributed by atoms with E-state index in [1.54, 1.807) is 12.1 Å². The number of hydrogen-bond acceptors (Lipinski definition) is 6. The van der Waals surface area contributed by atoms with E-state index in [-0.39, 0.29) is 18.1 Å². The van der Waals surface area contributed by atoms with Crippen molar-refractivity contribution in [3.63, 3.8) is 0 Å². The zero-order valence-corrected chi connectivity index (χ0v) is 20.2. The van der Waals surface area contributed by atoms with Crippen LogP contribution in [0.4, 0.5) is 4.39 Å². The molecule has 2 aromatic carbocycles. The summed E-state index contributed by atoms with van der Waals surface area (Å²) in [6, 6.07) is 11.0. The molecule has 0 bridgehead atoms. The lowest BCUT2D eigenvalue weighted by molar-refractivity contribution is -0.0233. The molecule has 34 heavy (non-hydrogen) atoms. The molecule has 3 aromatic rings. The van der Waals surface area contributed by atoms with Crippen molar-refractivity contribution in [1.29, 1.82) is 0 Å². The first-order valence-electron chi connectivity index (χ1n) is 11.2. The van der Waals surface area contributed by atoms with Gasteiger partial charge in [0.25, 0.3) is 5.91 Å². The number of nitrogens with one attached hydrogen (secondary N) is 1. The normalized spacial score (nSPS) is 19.7. The molecule has 2 unspecified atom stereocenters. The van der Waals surface area contributed by atoms with Crippen LogP contribution in [0.3, 0.4) is 0 Å². The molecule has 3 atom stereocenters. The van der Waals surface area contributed by atoms with E-state index in [2.05, 4.69) is 20.8 Å². The number of hydrogen-bond donors (Lipinski definition) is 1. The van der Waals surface area contributed by atoms with Gasteiger partial charge in [-0.1, -0.05) is 23.7 Å². The highest BCUT2D eigenvalue weighted by Gasteiger charge is 2.29. The molecule has 2 heterocycles. The van der Waals surface area contributed by atoms with Gasteiger partial charge in [-0.3, -0.25) is 9.69 Å². The molecule has 180 valence electrons. The van der Waals surface area contributed by atoms with Crippen molar-refractivity contribution in [3.05, 3.63) is 58.9 Å². The highest BCUT2D eigenvalue weighted by atomic mass is 35.5. The van der Waals surface area contributed by atoms with Crippen LogP contribution >= 0.6 is 11.6 Å². The number of methoxy groups -OCH3 is 1. The van der Waals surface area contributed by atoms with Gasteiger partial charge >= 0.3 is 0 Å². The van der Waals surface area contributed by atoms with E-state index in [9.17, 15) is 9.18 Å². The molecule has 0 aliphatic carbocycles. The predicted octanol–water partition coefficient (Wildman–Crippen LogP) is 3.47. The Kier molecular flexibility index (Phi) is 7.55. The largest absolute Gasteiger partial charge is 0.378 e. The third-order valence-electron chi connectivity index (χ3n) is 6.01. The fourth-order valence-corrected chi connectivity index (χ4v) is 4.63. The number of rotatable bonds is 7. The van der Waals surface area contributed by atoms with Gasteiger partial charge in [0.15, 0.2) is 0 Å². The minimum Gasteiger partial charge on any atom is -0.378 e. The maximum Gasteiger partial charge on any atom is 0.251 e. The maximum atomic E-state index is 14.2. The zero-order valence-electron chi connectivity index (χ0n) is 19.4. The van der Waals surface area contributed by atoms with Gasteiger partial charge in [0, 0.05) is 48.9 Å². The molecule has 1 aromatic heterocycles. The van der Waals surface area contributed by atoms with Gasteiger partial charge in [-0.05, 0) is 66.1 Å². The second-order valence-electron chi connectivity index (χ2n) is 8.72. The number of carbonyl (C=O) groups excluding carboxylic acids is 1. The third kappa shape index (κ3) is 5.60. The van der Waals surface area contributed by atoms with Crippen molar-refractivity contribution in [2.24, 2.45) is 0 Å². The highest BCUT2D eigenvalue weighted by molar-refractivity contribution is 6.33. The van der Waals surface area contributed by atoms with Gasteiger partial charge in [-0.2, -0.15) is 0 Å². The van der Waals surface area contributed by atoms with Crippen molar-refractivity contribution in [2.45, 2.75) is 38.6 Å². The van der Waals surface area contributed by atoms with E-state index in [1.165, 1.54) is 18.1 Å². The number of nitrogens with zero attached hydrogens (tertiary/aromatic N) is 5. The lowest BCUT2D eigenvalue weighted by Gasteiger charge is -2.35. The summed E-state index contributed by atoms with van der Waals surface area (Å²) in [6.07, 6.45) is 0.711. The second kappa shape index (κ2) is 10.6. The van der Waals surface area contributed by atoms with E-state index in [0.29, 0.717) is 35.8 Å². The van der Waals surface area contributed by atoms with Crippen LogP contribution in [-0.4, -0.2) is 76.1 Å². The number of benzene rings is 2. The third-order valence-corrected chi connectivity index (χ3v) is 6.32. The minimum atomic E-state index is -1.03. The molecule has 0 radical (unpaired) electrons. The van der Waals surface area contributed by atoms with Gasteiger partial charge < -0.3 is 10.1 Å². The van der Waals surface area contributed by atoms with Gasteiger partial charge in [0.1, 0.15) is 12.5 Å². The predicted molar refractivity (Wildman–Crippen MR) is 128 cm³/mol. The topological polar surface area (TPSA) is 85.2 Å². The Morgan fingerprint density at radius 2 is 2.15 bits per heavy atom. The number of aromatic nitrogens is 4. The molecule has 1 aliphatic heterocycles. The summed E-state index contributed by atoms with van der Waals surface area (Å²) < 4.78 is 20.9. The smallest absolute Gasteiger partial charge is 0.251 e. The minimum absolute atomic E-state index is 0.179. The first kappa shape index (κ1) is 24.3. The van der Waals surface area contributed by atoms with Crippen LogP contribution in [0.15, 0.2) is 42.7 Å². The summed E-state index contributed by atoms with van der Waals surface area (Å²) in [7, 11) is 1.54. The summed E-state index contributed by atoms with van der Waals surface area (Å²) in [5.41, 5.74) is 3.71. The van der Waals surface area contributed by atoms with Gasteiger partial charge in [-0.25, -0.2) is 9.07 Å². The van der Waals surface area contributed by atoms with E-state index >= 15 is 0 Å². The van der Waals surface area contributed by atoms with E-state index < -0.39 is 6.17 Å². The molecule has 0 spiro atoms. The molecule has 1 saturated heterocycles. The molecule has 4 rings (SSSR count). The van der Waals surface area contributed by atoms with Gasteiger partial charge in [0.2, 0.25) is 0 Å².